The normalized spacial score (nSPS) is 10.7. The van der Waals surface area contributed by atoms with Gasteiger partial charge in [-0.05, 0) is 11.5 Å². The van der Waals surface area contributed by atoms with E-state index < -0.39 is 0 Å². The van der Waals surface area contributed by atoms with E-state index in [0.717, 1.165) is 28.8 Å². The van der Waals surface area contributed by atoms with Crippen LogP contribution in [0.25, 0.3) is 10.8 Å². The lowest BCUT2D eigenvalue weighted by Gasteiger charge is -2.10. The number of aromatic nitrogens is 1. The van der Waals surface area contributed by atoms with E-state index in [9.17, 15) is 0 Å². The number of fused-ring (bicyclic) bond motifs is 1. The van der Waals surface area contributed by atoms with Crippen molar-refractivity contribution in [2.75, 3.05) is 25.6 Å². The molecular formula is C13H17N3O. The van der Waals surface area contributed by atoms with Crippen molar-refractivity contribution in [3.05, 3.63) is 36.0 Å². The lowest BCUT2D eigenvalue weighted by Crippen LogP contribution is -2.11. The van der Waals surface area contributed by atoms with Crippen LogP contribution in [0.3, 0.4) is 0 Å². The van der Waals surface area contributed by atoms with E-state index in [4.69, 9.17) is 10.5 Å². The summed E-state index contributed by atoms with van der Waals surface area (Å²) in [5.41, 5.74) is 6.54. The van der Waals surface area contributed by atoms with Crippen LogP contribution < -0.4 is 11.1 Å². The number of nitrogens with one attached hydrogen (secondary N) is 1. The van der Waals surface area contributed by atoms with Crippen molar-refractivity contribution >= 4 is 16.6 Å². The predicted molar refractivity (Wildman–Crippen MR) is 70.0 cm³/mol. The molecule has 0 amide bonds. The van der Waals surface area contributed by atoms with Crippen molar-refractivity contribution < 1.29 is 4.74 Å². The number of benzene rings is 1. The van der Waals surface area contributed by atoms with E-state index in [1.54, 1.807) is 7.11 Å². The molecule has 0 radical (unpaired) electrons. The number of pyridine rings is 1. The average molecular weight is 231 g/mol. The third kappa shape index (κ3) is 2.72. The molecule has 0 bridgehead atoms. The van der Waals surface area contributed by atoms with E-state index >= 15 is 0 Å². The molecule has 4 heteroatoms. The van der Waals surface area contributed by atoms with Gasteiger partial charge in [-0.25, -0.2) is 4.98 Å². The highest BCUT2D eigenvalue weighted by molar-refractivity contribution is 5.92. The second-order valence-electron chi connectivity index (χ2n) is 3.81. The van der Waals surface area contributed by atoms with Gasteiger partial charge in [0.25, 0.3) is 0 Å². The van der Waals surface area contributed by atoms with Crippen molar-refractivity contribution in [2.45, 2.75) is 6.54 Å². The minimum Gasteiger partial charge on any atom is -0.383 e. The maximum absolute atomic E-state index is 5.65. The summed E-state index contributed by atoms with van der Waals surface area (Å²) < 4.78 is 5.02. The highest BCUT2D eigenvalue weighted by atomic mass is 16.5. The molecule has 17 heavy (non-hydrogen) atoms. The smallest absolute Gasteiger partial charge is 0.134 e. The predicted octanol–water partition coefficient (Wildman–Crippen LogP) is 1.75. The van der Waals surface area contributed by atoms with Crippen LogP contribution in [0.2, 0.25) is 0 Å². The summed E-state index contributed by atoms with van der Waals surface area (Å²) >= 11 is 0. The zero-order valence-electron chi connectivity index (χ0n) is 9.94. The van der Waals surface area contributed by atoms with Crippen LogP contribution in [0.15, 0.2) is 30.3 Å². The van der Waals surface area contributed by atoms with Crippen molar-refractivity contribution in [3.63, 3.8) is 0 Å². The van der Waals surface area contributed by atoms with Crippen LogP contribution in [-0.4, -0.2) is 25.2 Å². The molecule has 0 unspecified atom stereocenters. The summed E-state index contributed by atoms with van der Waals surface area (Å²) in [6, 6.07) is 10.2. The van der Waals surface area contributed by atoms with Crippen molar-refractivity contribution in [1.82, 2.24) is 4.98 Å². The topological polar surface area (TPSA) is 60.2 Å². The summed E-state index contributed by atoms with van der Waals surface area (Å²) in [4.78, 5) is 4.50. The second kappa shape index (κ2) is 5.61. The Bertz CT molecular complexity index is 499. The number of anilines is 1. The van der Waals surface area contributed by atoms with Crippen LogP contribution in [0.4, 0.5) is 5.82 Å². The summed E-state index contributed by atoms with van der Waals surface area (Å²) in [5, 5.41) is 5.54. The molecule has 0 aliphatic rings. The minimum atomic E-state index is 0.448. The Balaban J connectivity index is 2.36. The van der Waals surface area contributed by atoms with Gasteiger partial charge in [0, 0.05) is 25.6 Å². The van der Waals surface area contributed by atoms with Gasteiger partial charge in [0.2, 0.25) is 0 Å². The SMILES string of the molecule is COCCNc1nc(CN)cc2ccccc12. The quantitative estimate of drug-likeness (QED) is 0.770. The van der Waals surface area contributed by atoms with E-state index in [-0.39, 0.29) is 0 Å². The summed E-state index contributed by atoms with van der Waals surface area (Å²) in [6.07, 6.45) is 0. The molecule has 0 atom stereocenters. The van der Waals surface area contributed by atoms with Gasteiger partial charge in [0.1, 0.15) is 5.82 Å². The van der Waals surface area contributed by atoms with E-state index in [1.807, 2.05) is 18.2 Å². The van der Waals surface area contributed by atoms with Crippen molar-refractivity contribution in [1.29, 1.82) is 0 Å². The molecule has 0 spiro atoms. The highest BCUT2D eigenvalue weighted by Gasteiger charge is 2.04. The Kier molecular flexibility index (Phi) is 3.90. The van der Waals surface area contributed by atoms with Crippen LogP contribution in [0.1, 0.15) is 5.69 Å². The Morgan fingerprint density at radius 3 is 2.94 bits per heavy atom. The number of methoxy groups -OCH3 is 1. The Morgan fingerprint density at radius 2 is 2.18 bits per heavy atom. The molecule has 1 heterocycles. The Labute approximate surface area is 101 Å². The average Bonchev–Trinajstić information content (AvgIpc) is 2.38. The second-order valence-corrected chi connectivity index (χ2v) is 3.81. The molecule has 4 nitrogen and oxygen atoms in total. The molecule has 0 saturated carbocycles. The fourth-order valence-corrected chi connectivity index (χ4v) is 1.76. The van der Waals surface area contributed by atoms with E-state index in [0.29, 0.717) is 13.2 Å². The van der Waals surface area contributed by atoms with Crippen molar-refractivity contribution in [3.8, 4) is 0 Å². The highest BCUT2D eigenvalue weighted by Crippen LogP contribution is 2.22. The lowest BCUT2D eigenvalue weighted by molar-refractivity contribution is 0.210. The van der Waals surface area contributed by atoms with Gasteiger partial charge in [0.15, 0.2) is 0 Å². The Hall–Kier alpha value is -1.65. The summed E-state index contributed by atoms with van der Waals surface area (Å²) in [6.45, 7) is 1.84. The molecular weight excluding hydrogens is 214 g/mol. The number of rotatable bonds is 5. The fraction of sp³-hybridized carbons (Fsp3) is 0.308. The first-order valence-corrected chi connectivity index (χ1v) is 5.66. The molecule has 1 aromatic carbocycles. The third-order valence-corrected chi connectivity index (χ3v) is 2.60. The number of hydrogen-bond donors (Lipinski definition) is 2. The third-order valence-electron chi connectivity index (χ3n) is 2.60. The summed E-state index contributed by atoms with van der Waals surface area (Å²) in [5.74, 6) is 0.876. The number of nitrogens with two attached hydrogens (primary N) is 1. The first-order chi connectivity index (χ1) is 8.35. The summed E-state index contributed by atoms with van der Waals surface area (Å²) in [7, 11) is 1.68. The van der Waals surface area contributed by atoms with Gasteiger partial charge in [-0.2, -0.15) is 0 Å². The molecule has 3 N–H and O–H groups in total. The molecule has 90 valence electrons. The van der Waals surface area contributed by atoms with Gasteiger partial charge < -0.3 is 15.8 Å². The van der Waals surface area contributed by atoms with Crippen LogP contribution >= 0.6 is 0 Å². The maximum atomic E-state index is 5.65. The van der Waals surface area contributed by atoms with E-state index in [1.165, 1.54) is 0 Å². The molecule has 1 aromatic heterocycles. The first kappa shape index (κ1) is 11.8. The van der Waals surface area contributed by atoms with Gasteiger partial charge >= 0.3 is 0 Å². The van der Waals surface area contributed by atoms with E-state index in [2.05, 4.69) is 22.4 Å². The zero-order chi connectivity index (χ0) is 12.1. The molecule has 0 aliphatic heterocycles. The number of hydrogen-bond acceptors (Lipinski definition) is 4. The minimum absolute atomic E-state index is 0.448. The molecule has 2 rings (SSSR count). The van der Waals surface area contributed by atoms with Gasteiger partial charge in [-0.15, -0.1) is 0 Å². The lowest BCUT2D eigenvalue weighted by atomic mass is 10.1. The van der Waals surface area contributed by atoms with Gasteiger partial charge in [-0.1, -0.05) is 24.3 Å². The molecule has 0 saturated heterocycles. The maximum Gasteiger partial charge on any atom is 0.134 e. The number of nitrogens with zero attached hydrogens (tertiary/aromatic N) is 1. The van der Waals surface area contributed by atoms with Gasteiger partial charge in [0.05, 0.1) is 12.3 Å². The van der Waals surface area contributed by atoms with Crippen LogP contribution in [-0.2, 0) is 11.3 Å². The fourth-order valence-electron chi connectivity index (χ4n) is 1.76. The number of ether oxygens (including phenoxy) is 1. The standard InChI is InChI=1S/C13H17N3O/c1-17-7-6-15-13-12-5-3-2-4-10(12)8-11(9-14)16-13/h2-5,8H,6-7,9,14H2,1H3,(H,15,16). The molecule has 0 aliphatic carbocycles. The first-order valence-electron chi connectivity index (χ1n) is 5.66. The largest absolute Gasteiger partial charge is 0.383 e. The monoisotopic (exact) mass is 231 g/mol. The van der Waals surface area contributed by atoms with Crippen LogP contribution in [0, 0.1) is 0 Å². The Morgan fingerprint density at radius 1 is 1.35 bits per heavy atom. The molecule has 0 fully saturated rings. The zero-order valence-corrected chi connectivity index (χ0v) is 9.94. The molecule has 2 aromatic rings. The van der Waals surface area contributed by atoms with Crippen molar-refractivity contribution in [2.24, 2.45) is 5.73 Å². The van der Waals surface area contributed by atoms with Gasteiger partial charge in [-0.3, -0.25) is 0 Å². The van der Waals surface area contributed by atoms with Crippen LogP contribution in [0.5, 0.6) is 0 Å².